The van der Waals surface area contributed by atoms with Gasteiger partial charge in [0.25, 0.3) is 0 Å². The topological polar surface area (TPSA) is 464 Å². The van der Waals surface area contributed by atoms with Gasteiger partial charge in [-0.25, -0.2) is 0 Å². The number of aliphatic imine (C=N–C) groups is 2. The molecule has 0 aliphatic carbocycles. The molecule has 3 aromatic rings. The summed E-state index contributed by atoms with van der Waals surface area (Å²) in [7, 11) is 0. The number of benzene rings is 2. The fourth-order valence-corrected chi connectivity index (χ4v) is 7.94. The van der Waals surface area contributed by atoms with Gasteiger partial charge in [-0.05, 0) is 75.5 Å². The van der Waals surface area contributed by atoms with Gasteiger partial charge in [-0.15, -0.1) is 0 Å². The molecular weight excluding hydrogens is 987 g/mol. The summed E-state index contributed by atoms with van der Waals surface area (Å²) in [5.41, 5.74) is 35.1. The van der Waals surface area contributed by atoms with Crippen LogP contribution in [0.1, 0.15) is 82.8 Å². The lowest BCUT2D eigenvalue weighted by atomic mass is 10.0. The molecule has 76 heavy (non-hydrogen) atoms. The highest BCUT2D eigenvalue weighted by Crippen LogP contribution is 2.20. The third-order valence-corrected chi connectivity index (χ3v) is 11.7. The molecule has 7 atom stereocenters. The van der Waals surface area contributed by atoms with Crippen LogP contribution in [0.15, 0.2) is 70.8 Å². The molecule has 1 heterocycles. The molecule has 0 saturated carbocycles. The van der Waals surface area contributed by atoms with Crippen LogP contribution in [-0.2, 0) is 60.8 Å². The van der Waals surface area contributed by atoms with E-state index < -0.39 is 102 Å². The van der Waals surface area contributed by atoms with E-state index in [1.165, 1.54) is 6.92 Å². The van der Waals surface area contributed by atoms with Crippen molar-refractivity contribution in [2.24, 2.45) is 44.4 Å². The first-order valence-corrected chi connectivity index (χ1v) is 24.7. The number of primary amides is 2. The Kier molecular flexibility index (Phi) is 26.2. The largest absolute Gasteiger partial charge is 0.370 e. The number of aromatic amines is 1. The van der Waals surface area contributed by atoms with Crippen molar-refractivity contribution in [3.63, 3.8) is 0 Å². The third kappa shape index (κ3) is 23.0. The molecule has 414 valence electrons. The van der Waals surface area contributed by atoms with E-state index >= 15 is 0 Å². The Hall–Kier alpha value is -8.78. The molecule has 0 spiro atoms. The summed E-state index contributed by atoms with van der Waals surface area (Å²) < 4.78 is 0. The van der Waals surface area contributed by atoms with Crippen molar-refractivity contribution < 1.29 is 47.9 Å². The van der Waals surface area contributed by atoms with E-state index in [1.807, 2.05) is 48.5 Å². The Labute approximate surface area is 439 Å². The highest BCUT2D eigenvalue weighted by atomic mass is 16.2. The quantitative estimate of drug-likeness (QED) is 0.0116. The summed E-state index contributed by atoms with van der Waals surface area (Å²) in [5.74, 6) is -7.22. The molecule has 3 unspecified atom stereocenters. The molecule has 0 aliphatic rings. The van der Waals surface area contributed by atoms with E-state index in [2.05, 4.69) is 57.5 Å². The number of aromatic nitrogens is 1. The number of hydrogen-bond donors (Lipinski definition) is 15. The Morgan fingerprint density at radius 2 is 1.12 bits per heavy atom. The summed E-state index contributed by atoms with van der Waals surface area (Å²) in [6.45, 7) is 3.16. The Bertz CT molecular complexity index is 2510. The zero-order valence-corrected chi connectivity index (χ0v) is 42.7. The van der Waals surface area contributed by atoms with Crippen molar-refractivity contribution in [3.05, 3.63) is 71.9 Å². The molecule has 0 bridgehead atoms. The number of para-hydroxylation sites is 1. The number of guanidine groups is 2. The molecule has 0 saturated heterocycles. The maximum Gasteiger partial charge on any atom is 0.243 e. The van der Waals surface area contributed by atoms with Gasteiger partial charge in [0.2, 0.25) is 59.6 Å². The second-order valence-corrected chi connectivity index (χ2v) is 18.0. The third-order valence-electron chi connectivity index (χ3n) is 11.7. The minimum Gasteiger partial charge on any atom is -0.370 e. The molecule has 3 rings (SSSR count). The van der Waals surface area contributed by atoms with Crippen molar-refractivity contribution in [3.8, 4) is 0 Å². The van der Waals surface area contributed by atoms with Crippen LogP contribution in [0.25, 0.3) is 10.9 Å². The predicted octanol–water partition coefficient (Wildman–Crippen LogP) is -3.84. The average molecular weight is 1060 g/mol. The smallest absolute Gasteiger partial charge is 0.243 e. The number of rotatable bonds is 35. The summed E-state index contributed by atoms with van der Waals surface area (Å²) in [6, 6.07) is 8.33. The van der Waals surface area contributed by atoms with Crippen LogP contribution in [-0.4, -0.2) is 138 Å². The van der Waals surface area contributed by atoms with Crippen molar-refractivity contribution >= 4 is 82.4 Å². The lowest BCUT2D eigenvalue weighted by molar-refractivity contribution is -0.134. The van der Waals surface area contributed by atoms with Crippen LogP contribution >= 0.6 is 0 Å². The molecule has 10 amide bonds. The molecule has 0 aliphatic heterocycles. The molecule has 2 aromatic carbocycles. The van der Waals surface area contributed by atoms with Gasteiger partial charge >= 0.3 is 0 Å². The maximum atomic E-state index is 14.0. The number of carbonyl (C=O) groups is 10. The Morgan fingerprint density at radius 1 is 0.592 bits per heavy atom. The first-order chi connectivity index (χ1) is 36.2. The van der Waals surface area contributed by atoms with Gasteiger partial charge < -0.3 is 81.9 Å². The number of nitrogens with zero attached hydrogens (tertiary/aromatic N) is 2. The predicted molar refractivity (Wildman–Crippen MR) is 282 cm³/mol. The first-order valence-electron chi connectivity index (χ1n) is 24.7. The molecule has 27 heteroatoms. The van der Waals surface area contributed by atoms with E-state index in [0.29, 0.717) is 24.8 Å². The molecular formula is C49H73N17O10. The fraction of sp³-hybridized carbons (Fsp3) is 0.469. The van der Waals surface area contributed by atoms with Gasteiger partial charge in [-0.3, -0.25) is 57.9 Å². The molecule has 0 radical (unpaired) electrons. The zero-order chi connectivity index (χ0) is 56.2. The van der Waals surface area contributed by atoms with Gasteiger partial charge in [-0.1, -0.05) is 48.5 Å². The monoisotopic (exact) mass is 1060 g/mol. The minimum absolute atomic E-state index is 0.0413. The van der Waals surface area contributed by atoms with Gasteiger partial charge in [0.1, 0.15) is 36.3 Å². The summed E-state index contributed by atoms with van der Waals surface area (Å²) >= 11 is 0. The number of H-pyrrole nitrogens is 1. The highest BCUT2D eigenvalue weighted by molar-refractivity contribution is 5.96. The minimum atomic E-state index is -1.45. The van der Waals surface area contributed by atoms with E-state index in [0.717, 1.165) is 16.5 Å². The van der Waals surface area contributed by atoms with Crippen molar-refractivity contribution in [2.45, 2.75) is 127 Å². The number of nitrogens with one attached hydrogen (secondary N) is 9. The second-order valence-electron chi connectivity index (χ2n) is 18.0. The SMILES string of the molecule is CC(=O)N[C@@H](CCCN=C(N)N)C(=O)NC(CCCNC(=O)CCC(NC(=O)[C@H](Cc1c[nH]c2ccccc12)NC(=O)[C@H](CCCN=C(N)N)NC=O)C(N)=O)C(=O)N[C@@H](CC(N)=O)C(=O)NC(C)Cc1ccccc1. The van der Waals surface area contributed by atoms with Crippen LogP contribution in [0.5, 0.6) is 0 Å². The fourth-order valence-electron chi connectivity index (χ4n) is 7.94. The van der Waals surface area contributed by atoms with E-state index in [-0.39, 0.29) is 82.9 Å². The Balaban J connectivity index is 1.74. The molecule has 27 nitrogen and oxygen atoms in total. The summed E-state index contributed by atoms with van der Waals surface area (Å²) in [5, 5.41) is 21.5. The van der Waals surface area contributed by atoms with E-state index in [4.69, 9.17) is 34.4 Å². The Morgan fingerprint density at radius 3 is 1.72 bits per heavy atom. The number of amides is 10. The van der Waals surface area contributed by atoms with E-state index in [1.54, 1.807) is 19.2 Å². The standard InChI is InChI=1S/C49H73N17O10/c1-28(23-30-11-4-3-5-12-30)61-46(75)39(25-40(50)69)66-45(74)37(64-44(73)36(62-29(2)68)16-10-22-58-49(54)55)17-9-20-56-41(70)19-18-34(42(51)71)63-47(76)38(24-31-26-59-33-14-7-6-13-32(31)33)65-43(72)35(60-27-67)15-8-21-57-48(52)53/h3-7,11-14,26-28,34-39,59H,8-10,15-25H2,1-2H3,(H2,50,69)(H2,51,71)(H,56,70)(H,60,67)(H,61,75)(H,62,68)(H,63,76)(H,64,73)(H,65,72)(H,66,74)(H4,52,53,57)(H4,54,55,58)/t28?,34?,35-,36-,37?,38-,39-/m0/s1. The maximum absolute atomic E-state index is 14.0. The van der Waals surface area contributed by atoms with Crippen LogP contribution < -0.4 is 76.9 Å². The molecule has 0 fully saturated rings. The highest BCUT2D eigenvalue weighted by Gasteiger charge is 2.32. The molecule has 1 aromatic heterocycles. The number of nitrogens with two attached hydrogens (primary N) is 6. The lowest BCUT2D eigenvalue weighted by Crippen LogP contribution is -2.57. The van der Waals surface area contributed by atoms with Crippen molar-refractivity contribution in [1.29, 1.82) is 0 Å². The van der Waals surface area contributed by atoms with Gasteiger partial charge in [-0.2, -0.15) is 0 Å². The molecule has 21 N–H and O–H groups in total. The van der Waals surface area contributed by atoms with Crippen molar-refractivity contribution in [1.82, 2.24) is 47.5 Å². The van der Waals surface area contributed by atoms with Crippen LogP contribution in [0.4, 0.5) is 0 Å². The first kappa shape index (κ1) is 61.5. The summed E-state index contributed by atoms with van der Waals surface area (Å²) in [4.78, 5) is 141. The van der Waals surface area contributed by atoms with E-state index in [9.17, 15) is 47.9 Å². The van der Waals surface area contributed by atoms with Gasteiger partial charge in [0.15, 0.2) is 11.9 Å². The van der Waals surface area contributed by atoms with Gasteiger partial charge in [0, 0.05) is 62.5 Å². The summed E-state index contributed by atoms with van der Waals surface area (Å²) in [6.07, 6.45) is 1.82. The normalized spacial score (nSPS) is 13.6. The second kappa shape index (κ2) is 32.4. The average Bonchev–Trinajstić information content (AvgIpc) is 3.77. The number of fused-ring (bicyclic) bond motifs is 1. The van der Waals surface area contributed by atoms with Crippen molar-refractivity contribution in [2.75, 3.05) is 19.6 Å². The van der Waals surface area contributed by atoms with Crippen LogP contribution in [0.2, 0.25) is 0 Å². The van der Waals surface area contributed by atoms with Gasteiger partial charge in [0.05, 0.1) is 6.42 Å². The number of hydrogen-bond acceptors (Lipinski definition) is 12. The zero-order valence-electron chi connectivity index (χ0n) is 42.7. The lowest BCUT2D eigenvalue weighted by Gasteiger charge is -2.26. The number of carbonyl (C=O) groups excluding carboxylic acids is 10. The van der Waals surface area contributed by atoms with Crippen LogP contribution in [0, 0.1) is 0 Å². The van der Waals surface area contributed by atoms with Crippen LogP contribution in [0.3, 0.4) is 0 Å².